The molecule has 0 spiro atoms. The number of aryl methyl sites for hydroxylation is 1. The molecule has 1 aliphatic heterocycles. The fraction of sp³-hybridized carbons (Fsp3) is 0.267. The van der Waals surface area contributed by atoms with Gasteiger partial charge < -0.3 is 10.2 Å². The highest BCUT2D eigenvalue weighted by atomic mass is 32.1. The fourth-order valence-corrected chi connectivity index (χ4v) is 3.11. The van der Waals surface area contributed by atoms with Crippen LogP contribution in [0.5, 0.6) is 0 Å². The molecule has 1 aromatic carbocycles. The van der Waals surface area contributed by atoms with E-state index in [4.69, 9.17) is 0 Å². The van der Waals surface area contributed by atoms with Crippen LogP contribution in [0.2, 0.25) is 0 Å². The minimum Gasteiger partial charge on any atom is -0.333 e. The van der Waals surface area contributed by atoms with Crippen molar-refractivity contribution in [2.45, 2.75) is 19.4 Å². The van der Waals surface area contributed by atoms with Crippen LogP contribution in [0.1, 0.15) is 12.1 Å². The highest BCUT2D eigenvalue weighted by Crippen LogP contribution is 2.22. The van der Waals surface area contributed by atoms with Gasteiger partial charge in [-0.2, -0.15) is 0 Å². The number of thiazole rings is 1. The molecule has 6 nitrogen and oxygen atoms in total. The fourth-order valence-electron chi connectivity index (χ4n) is 2.43. The second kappa shape index (κ2) is 6.33. The number of hydrogen-bond donors (Lipinski definition) is 2. The van der Waals surface area contributed by atoms with E-state index in [1.54, 1.807) is 12.1 Å². The van der Waals surface area contributed by atoms with Gasteiger partial charge in [0, 0.05) is 24.0 Å². The van der Waals surface area contributed by atoms with Crippen molar-refractivity contribution in [3.05, 3.63) is 41.2 Å². The number of amides is 3. The number of aromatic nitrogens is 1. The Morgan fingerprint density at radius 2 is 2.30 bits per heavy atom. The van der Waals surface area contributed by atoms with Gasteiger partial charge in [0.05, 0.1) is 11.7 Å². The van der Waals surface area contributed by atoms with Gasteiger partial charge >= 0.3 is 6.03 Å². The third kappa shape index (κ3) is 3.65. The Balaban J connectivity index is 1.60. The average molecular weight is 334 g/mol. The number of carbonyl (C=O) groups excluding carboxylic acids is 2. The van der Waals surface area contributed by atoms with Crippen LogP contribution in [0, 0.1) is 12.7 Å². The first kappa shape index (κ1) is 15.4. The lowest BCUT2D eigenvalue weighted by atomic mass is 10.2. The van der Waals surface area contributed by atoms with Crippen molar-refractivity contribution in [3.8, 4) is 0 Å². The number of halogens is 1. The number of rotatable bonds is 3. The zero-order valence-corrected chi connectivity index (χ0v) is 13.2. The average Bonchev–Trinajstić information content (AvgIpc) is 3.04. The third-order valence-electron chi connectivity index (χ3n) is 3.42. The van der Waals surface area contributed by atoms with Gasteiger partial charge in [0.25, 0.3) is 0 Å². The molecule has 3 rings (SSSR count). The lowest BCUT2D eigenvalue weighted by molar-refractivity contribution is -0.117. The number of nitrogens with one attached hydrogen (secondary N) is 2. The van der Waals surface area contributed by atoms with Crippen LogP contribution in [0.3, 0.4) is 0 Å². The van der Waals surface area contributed by atoms with Gasteiger partial charge in [-0.3, -0.25) is 10.1 Å². The molecule has 0 aliphatic carbocycles. The molecule has 1 aliphatic rings. The highest BCUT2D eigenvalue weighted by Gasteiger charge is 2.31. The summed E-state index contributed by atoms with van der Waals surface area (Å²) in [6.07, 6.45) is 0.181. The molecular formula is C15H15FN4O2S. The summed E-state index contributed by atoms with van der Waals surface area (Å²) in [6, 6.07) is 5.12. The molecule has 0 saturated carbocycles. The van der Waals surface area contributed by atoms with Crippen LogP contribution < -0.4 is 15.5 Å². The standard InChI is InChI=1S/C15H15FN4O2S/c1-9-8-23-15(17-9)19-14(22)18-11-6-13(21)20(7-11)12-4-2-3-10(16)5-12/h2-5,8,11H,6-7H2,1H3,(H2,17,18,19,22)/t11-/m1/s1. The molecular weight excluding hydrogens is 319 g/mol. The molecule has 3 amide bonds. The Hall–Kier alpha value is -2.48. The first-order chi connectivity index (χ1) is 11.0. The molecule has 1 fully saturated rings. The molecule has 2 aromatic rings. The summed E-state index contributed by atoms with van der Waals surface area (Å²) in [5.41, 5.74) is 1.33. The molecule has 23 heavy (non-hydrogen) atoms. The van der Waals surface area contributed by atoms with Crippen LogP contribution in [0.15, 0.2) is 29.6 Å². The summed E-state index contributed by atoms with van der Waals surface area (Å²) in [7, 11) is 0. The van der Waals surface area contributed by atoms with Crippen molar-refractivity contribution in [3.63, 3.8) is 0 Å². The molecule has 8 heteroatoms. The van der Waals surface area contributed by atoms with Gasteiger partial charge in [-0.05, 0) is 25.1 Å². The van der Waals surface area contributed by atoms with E-state index < -0.39 is 11.8 Å². The van der Waals surface area contributed by atoms with E-state index in [1.807, 2.05) is 12.3 Å². The Labute approximate surface area is 136 Å². The van der Waals surface area contributed by atoms with Crippen LogP contribution >= 0.6 is 11.3 Å². The van der Waals surface area contributed by atoms with E-state index in [-0.39, 0.29) is 18.4 Å². The maximum atomic E-state index is 13.3. The van der Waals surface area contributed by atoms with Crippen molar-refractivity contribution in [1.82, 2.24) is 10.3 Å². The summed E-state index contributed by atoms with van der Waals surface area (Å²) >= 11 is 1.33. The zero-order chi connectivity index (χ0) is 16.4. The molecule has 0 unspecified atom stereocenters. The Kier molecular flexibility index (Phi) is 4.24. The third-order valence-corrected chi connectivity index (χ3v) is 4.30. The monoisotopic (exact) mass is 334 g/mol. The molecule has 2 N–H and O–H groups in total. The van der Waals surface area contributed by atoms with Gasteiger partial charge in [-0.1, -0.05) is 6.07 Å². The molecule has 0 radical (unpaired) electrons. The molecule has 1 aromatic heterocycles. The van der Waals surface area contributed by atoms with E-state index >= 15 is 0 Å². The number of carbonyl (C=O) groups is 2. The maximum Gasteiger partial charge on any atom is 0.321 e. The summed E-state index contributed by atoms with van der Waals surface area (Å²) in [5.74, 6) is -0.547. The van der Waals surface area contributed by atoms with Crippen LogP contribution in [0.4, 0.5) is 20.0 Å². The molecule has 120 valence electrons. The van der Waals surface area contributed by atoms with Crippen molar-refractivity contribution in [2.24, 2.45) is 0 Å². The first-order valence-electron chi connectivity index (χ1n) is 7.07. The van der Waals surface area contributed by atoms with Crippen LogP contribution in [-0.4, -0.2) is 29.5 Å². The van der Waals surface area contributed by atoms with E-state index in [0.29, 0.717) is 17.4 Å². The summed E-state index contributed by atoms with van der Waals surface area (Å²) < 4.78 is 13.3. The van der Waals surface area contributed by atoms with Crippen LogP contribution in [-0.2, 0) is 4.79 Å². The van der Waals surface area contributed by atoms with Gasteiger partial charge in [0.2, 0.25) is 5.91 Å². The Bertz CT molecular complexity index is 749. The Morgan fingerprint density at radius 1 is 1.48 bits per heavy atom. The summed E-state index contributed by atoms with van der Waals surface area (Å²) in [6.45, 7) is 2.15. The van der Waals surface area contributed by atoms with Gasteiger partial charge in [-0.25, -0.2) is 14.2 Å². The second-order valence-corrected chi connectivity index (χ2v) is 6.14. The van der Waals surface area contributed by atoms with E-state index in [2.05, 4.69) is 15.6 Å². The predicted octanol–water partition coefficient (Wildman–Crippen LogP) is 2.52. The summed E-state index contributed by atoms with van der Waals surface area (Å²) in [5, 5.41) is 7.72. The largest absolute Gasteiger partial charge is 0.333 e. The lowest BCUT2D eigenvalue weighted by Crippen LogP contribution is -2.39. The number of urea groups is 1. The van der Waals surface area contributed by atoms with Crippen molar-refractivity contribution in [1.29, 1.82) is 0 Å². The van der Waals surface area contributed by atoms with Gasteiger partial charge in [-0.15, -0.1) is 11.3 Å². The predicted molar refractivity (Wildman–Crippen MR) is 86.2 cm³/mol. The second-order valence-electron chi connectivity index (χ2n) is 5.28. The number of nitrogens with zero attached hydrogens (tertiary/aromatic N) is 2. The van der Waals surface area contributed by atoms with Crippen molar-refractivity contribution < 1.29 is 14.0 Å². The highest BCUT2D eigenvalue weighted by molar-refractivity contribution is 7.13. The Morgan fingerprint density at radius 3 is 3.00 bits per heavy atom. The first-order valence-corrected chi connectivity index (χ1v) is 7.95. The van der Waals surface area contributed by atoms with Crippen molar-refractivity contribution >= 4 is 34.1 Å². The quantitative estimate of drug-likeness (QED) is 0.906. The zero-order valence-electron chi connectivity index (χ0n) is 12.4. The summed E-state index contributed by atoms with van der Waals surface area (Å²) in [4.78, 5) is 29.6. The smallest absolute Gasteiger partial charge is 0.321 e. The molecule has 1 saturated heterocycles. The number of anilines is 2. The molecule has 2 heterocycles. The van der Waals surface area contributed by atoms with Crippen molar-refractivity contribution in [2.75, 3.05) is 16.8 Å². The minimum atomic E-state index is -0.404. The SMILES string of the molecule is Cc1csc(NC(=O)N[C@@H]2CC(=O)N(c3cccc(F)c3)C2)n1. The topological polar surface area (TPSA) is 74.3 Å². The van der Waals surface area contributed by atoms with Gasteiger partial charge in [0.15, 0.2) is 5.13 Å². The van der Waals surface area contributed by atoms with E-state index in [0.717, 1.165) is 5.69 Å². The number of benzene rings is 1. The van der Waals surface area contributed by atoms with Gasteiger partial charge in [0.1, 0.15) is 5.82 Å². The normalized spacial score (nSPS) is 17.4. The molecule has 0 bridgehead atoms. The van der Waals surface area contributed by atoms with E-state index in [1.165, 1.54) is 28.4 Å². The lowest BCUT2D eigenvalue weighted by Gasteiger charge is -2.17. The van der Waals surface area contributed by atoms with E-state index in [9.17, 15) is 14.0 Å². The number of hydrogen-bond acceptors (Lipinski definition) is 4. The maximum absolute atomic E-state index is 13.3. The minimum absolute atomic E-state index is 0.147. The molecule has 1 atom stereocenters. The van der Waals surface area contributed by atoms with Crippen LogP contribution in [0.25, 0.3) is 0 Å².